The number of nitro groups is 1. The second-order valence-electron chi connectivity index (χ2n) is 3.77. The molecule has 2 rings (SSSR count). The fraction of sp³-hybridized carbons (Fsp3) is 0. The van der Waals surface area contributed by atoms with Crippen LogP contribution in [0.4, 0.5) is 5.69 Å². The summed E-state index contributed by atoms with van der Waals surface area (Å²) in [6.07, 6.45) is 0. The summed E-state index contributed by atoms with van der Waals surface area (Å²) < 4.78 is 0.878. The first-order valence-corrected chi connectivity index (χ1v) is 7.04. The van der Waals surface area contributed by atoms with Crippen molar-refractivity contribution in [1.29, 1.82) is 0 Å². The smallest absolute Gasteiger partial charge is 0.337 e. The van der Waals surface area contributed by atoms with Gasteiger partial charge in [-0.3, -0.25) is 10.1 Å². The third-order valence-electron chi connectivity index (χ3n) is 2.45. The lowest BCUT2D eigenvalue weighted by molar-refractivity contribution is -0.387. The topological polar surface area (TPSA) is 80.4 Å². The van der Waals surface area contributed by atoms with Gasteiger partial charge in [-0.05, 0) is 30.3 Å². The van der Waals surface area contributed by atoms with Crippen LogP contribution in [0.25, 0.3) is 0 Å². The van der Waals surface area contributed by atoms with Gasteiger partial charge in [-0.2, -0.15) is 0 Å². The molecule has 0 fully saturated rings. The van der Waals surface area contributed by atoms with Crippen LogP contribution in [0, 0.1) is 10.1 Å². The summed E-state index contributed by atoms with van der Waals surface area (Å²) in [5.41, 5.74) is -0.287. The number of hydrogen-bond acceptors (Lipinski definition) is 4. The molecule has 20 heavy (non-hydrogen) atoms. The van der Waals surface area contributed by atoms with Crippen molar-refractivity contribution >= 4 is 39.3 Å². The quantitative estimate of drug-likeness (QED) is 0.657. The van der Waals surface area contributed by atoms with Gasteiger partial charge in [-0.15, -0.1) is 0 Å². The largest absolute Gasteiger partial charge is 0.478 e. The number of benzene rings is 2. The fourth-order valence-electron chi connectivity index (χ4n) is 1.56. The molecule has 0 atom stereocenters. The van der Waals surface area contributed by atoms with Gasteiger partial charge in [0.25, 0.3) is 5.69 Å². The average Bonchev–Trinajstić information content (AvgIpc) is 2.41. The Hall–Kier alpha value is -1.86. The van der Waals surface area contributed by atoms with E-state index in [9.17, 15) is 14.9 Å². The summed E-state index contributed by atoms with van der Waals surface area (Å²) in [5, 5.41) is 20.2. The highest BCUT2D eigenvalue weighted by Gasteiger charge is 2.22. The number of rotatable bonds is 4. The number of nitrogens with zero attached hydrogens (tertiary/aromatic N) is 1. The van der Waals surface area contributed by atoms with Crippen molar-refractivity contribution in [1.82, 2.24) is 0 Å². The van der Waals surface area contributed by atoms with Gasteiger partial charge in [0.05, 0.1) is 10.5 Å². The van der Waals surface area contributed by atoms with Gasteiger partial charge in [0.2, 0.25) is 0 Å². The normalized spacial score (nSPS) is 10.2. The Bertz CT molecular complexity index is 640. The van der Waals surface area contributed by atoms with Gasteiger partial charge < -0.3 is 5.11 Å². The molecule has 0 spiro atoms. The molecule has 102 valence electrons. The highest BCUT2D eigenvalue weighted by molar-refractivity contribution is 9.10. The molecule has 0 aliphatic rings. The van der Waals surface area contributed by atoms with Crippen molar-refractivity contribution < 1.29 is 14.8 Å². The zero-order valence-electron chi connectivity index (χ0n) is 9.95. The van der Waals surface area contributed by atoms with E-state index in [1.165, 1.54) is 18.2 Å². The van der Waals surface area contributed by atoms with E-state index in [0.29, 0.717) is 0 Å². The van der Waals surface area contributed by atoms with Crippen LogP contribution in [0.5, 0.6) is 0 Å². The first-order chi connectivity index (χ1) is 9.49. The van der Waals surface area contributed by atoms with Crippen LogP contribution >= 0.6 is 27.7 Å². The van der Waals surface area contributed by atoms with Crippen LogP contribution in [0.15, 0.2) is 56.7 Å². The Balaban J connectivity index is 2.50. The standard InChI is InChI=1S/C13H8BrNO4S/c14-8-4-6-9(7-5-8)20-12-10(13(16)17)2-1-3-11(12)15(18)19/h1-7H,(H,16,17). The van der Waals surface area contributed by atoms with Crippen molar-refractivity contribution in [3.63, 3.8) is 0 Å². The van der Waals surface area contributed by atoms with Gasteiger partial charge in [-0.1, -0.05) is 33.8 Å². The summed E-state index contributed by atoms with van der Waals surface area (Å²) in [7, 11) is 0. The van der Waals surface area contributed by atoms with E-state index in [2.05, 4.69) is 15.9 Å². The van der Waals surface area contributed by atoms with Gasteiger partial charge in [-0.25, -0.2) is 4.79 Å². The summed E-state index contributed by atoms with van der Waals surface area (Å²) in [4.78, 5) is 22.5. The molecule has 0 bridgehead atoms. The maximum absolute atomic E-state index is 11.2. The Labute approximate surface area is 126 Å². The molecule has 0 radical (unpaired) electrons. The number of carboxylic acid groups (broad SMARTS) is 1. The number of carbonyl (C=O) groups is 1. The van der Waals surface area contributed by atoms with Crippen molar-refractivity contribution in [3.05, 3.63) is 62.6 Å². The van der Waals surface area contributed by atoms with Crippen LogP contribution in [-0.2, 0) is 0 Å². The number of nitro benzene ring substituents is 1. The number of carboxylic acids is 1. The van der Waals surface area contributed by atoms with E-state index in [0.717, 1.165) is 21.1 Å². The van der Waals surface area contributed by atoms with E-state index in [1.807, 2.05) is 0 Å². The second kappa shape index (κ2) is 6.06. The molecule has 1 N–H and O–H groups in total. The molecule has 0 saturated carbocycles. The second-order valence-corrected chi connectivity index (χ2v) is 5.77. The van der Waals surface area contributed by atoms with Crippen molar-refractivity contribution in [2.24, 2.45) is 0 Å². The van der Waals surface area contributed by atoms with Crippen LogP contribution in [-0.4, -0.2) is 16.0 Å². The highest BCUT2D eigenvalue weighted by atomic mass is 79.9. The third kappa shape index (κ3) is 3.17. The zero-order valence-corrected chi connectivity index (χ0v) is 12.3. The molecular formula is C13H8BrNO4S. The van der Waals surface area contributed by atoms with Crippen LogP contribution < -0.4 is 0 Å². The van der Waals surface area contributed by atoms with E-state index in [-0.39, 0.29) is 16.1 Å². The molecule has 0 amide bonds. The Morgan fingerprint density at radius 2 is 1.85 bits per heavy atom. The van der Waals surface area contributed by atoms with E-state index in [4.69, 9.17) is 5.11 Å². The fourth-order valence-corrected chi connectivity index (χ4v) is 2.85. The SMILES string of the molecule is O=C(O)c1cccc([N+](=O)[O-])c1Sc1ccc(Br)cc1. The molecule has 2 aromatic rings. The predicted molar refractivity (Wildman–Crippen MR) is 78.3 cm³/mol. The van der Waals surface area contributed by atoms with Gasteiger partial charge in [0, 0.05) is 15.4 Å². The monoisotopic (exact) mass is 353 g/mol. The molecule has 0 aliphatic carbocycles. The highest BCUT2D eigenvalue weighted by Crippen LogP contribution is 2.37. The molecule has 0 saturated heterocycles. The van der Waals surface area contributed by atoms with Crippen molar-refractivity contribution in [2.75, 3.05) is 0 Å². The summed E-state index contributed by atoms with van der Waals surface area (Å²) in [6.45, 7) is 0. The zero-order chi connectivity index (χ0) is 14.7. The molecule has 7 heteroatoms. The lowest BCUT2D eigenvalue weighted by Crippen LogP contribution is -2.02. The van der Waals surface area contributed by atoms with Gasteiger partial charge in [0.15, 0.2) is 0 Å². The minimum atomic E-state index is -1.19. The summed E-state index contributed by atoms with van der Waals surface area (Å²) in [6, 6.07) is 11.1. The molecule has 0 aromatic heterocycles. The van der Waals surface area contributed by atoms with Crippen molar-refractivity contribution in [3.8, 4) is 0 Å². The minimum absolute atomic E-state index is 0.0767. The Morgan fingerprint density at radius 3 is 2.40 bits per heavy atom. The minimum Gasteiger partial charge on any atom is -0.478 e. The van der Waals surface area contributed by atoms with Gasteiger partial charge in [0.1, 0.15) is 4.90 Å². The molecular weight excluding hydrogens is 346 g/mol. The lowest BCUT2D eigenvalue weighted by atomic mass is 10.2. The number of halogens is 1. The first-order valence-electron chi connectivity index (χ1n) is 5.43. The van der Waals surface area contributed by atoms with E-state index in [1.54, 1.807) is 24.3 Å². The van der Waals surface area contributed by atoms with Gasteiger partial charge >= 0.3 is 5.97 Å². The van der Waals surface area contributed by atoms with E-state index < -0.39 is 10.9 Å². The van der Waals surface area contributed by atoms with Crippen molar-refractivity contribution in [2.45, 2.75) is 9.79 Å². The number of hydrogen-bond donors (Lipinski definition) is 1. The Morgan fingerprint density at radius 1 is 1.20 bits per heavy atom. The summed E-state index contributed by atoms with van der Waals surface area (Å²) in [5.74, 6) is -1.19. The number of aromatic carboxylic acids is 1. The van der Waals surface area contributed by atoms with Crippen LogP contribution in [0.3, 0.4) is 0 Å². The van der Waals surface area contributed by atoms with E-state index >= 15 is 0 Å². The third-order valence-corrected chi connectivity index (χ3v) is 4.12. The van der Waals surface area contributed by atoms with Crippen LogP contribution in [0.1, 0.15) is 10.4 Å². The molecule has 0 aliphatic heterocycles. The first kappa shape index (κ1) is 14.5. The Kier molecular flexibility index (Phi) is 4.41. The molecule has 2 aromatic carbocycles. The maximum Gasteiger partial charge on any atom is 0.337 e. The maximum atomic E-state index is 11.2. The molecule has 5 nitrogen and oxygen atoms in total. The van der Waals surface area contributed by atoms with Crippen LogP contribution in [0.2, 0.25) is 0 Å². The predicted octanol–water partition coefficient (Wildman–Crippen LogP) is 4.21. The lowest BCUT2D eigenvalue weighted by Gasteiger charge is -2.06. The summed E-state index contributed by atoms with van der Waals surface area (Å²) >= 11 is 4.36. The molecule has 0 unspecified atom stereocenters. The average molecular weight is 354 g/mol. The molecule has 0 heterocycles.